The van der Waals surface area contributed by atoms with Crippen molar-refractivity contribution < 1.29 is 4.79 Å². The Morgan fingerprint density at radius 2 is 1.91 bits per heavy atom. The number of hydrogen-bond acceptors (Lipinski definition) is 3. The van der Waals surface area contributed by atoms with E-state index in [-0.39, 0.29) is 11.6 Å². The number of aryl methyl sites for hydroxylation is 2. The predicted molar refractivity (Wildman–Crippen MR) is 88.1 cm³/mol. The lowest BCUT2D eigenvalue weighted by Gasteiger charge is -2.56. The summed E-state index contributed by atoms with van der Waals surface area (Å²) >= 11 is 0. The molecule has 6 heteroatoms. The van der Waals surface area contributed by atoms with Crippen molar-refractivity contribution in [3.8, 4) is 0 Å². The predicted octanol–water partition coefficient (Wildman–Crippen LogP) is 2.33. The SMILES string of the molecule is Cc1nn(C)cc1C=NNC(=O)NC12CC3CC(CC(C3)C1)C2. The lowest BCUT2D eigenvalue weighted by atomic mass is 9.53. The van der Waals surface area contributed by atoms with Gasteiger partial charge in [-0.1, -0.05) is 0 Å². The number of amides is 2. The van der Waals surface area contributed by atoms with Gasteiger partial charge < -0.3 is 5.32 Å². The van der Waals surface area contributed by atoms with Gasteiger partial charge in [0.15, 0.2) is 0 Å². The molecule has 4 fully saturated rings. The summed E-state index contributed by atoms with van der Waals surface area (Å²) in [5, 5.41) is 11.6. The highest BCUT2D eigenvalue weighted by atomic mass is 16.2. The maximum absolute atomic E-state index is 12.3. The Hall–Kier alpha value is -1.85. The summed E-state index contributed by atoms with van der Waals surface area (Å²) in [5.74, 6) is 2.47. The Bertz CT molecular complexity index is 612. The summed E-state index contributed by atoms with van der Waals surface area (Å²) in [6, 6.07) is -0.176. The molecular formula is C17H25N5O. The van der Waals surface area contributed by atoms with E-state index in [0.29, 0.717) is 0 Å². The number of nitrogens with one attached hydrogen (secondary N) is 2. The van der Waals surface area contributed by atoms with Crippen molar-refractivity contribution in [2.24, 2.45) is 29.9 Å². The van der Waals surface area contributed by atoms with Crippen LogP contribution in [-0.2, 0) is 7.05 Å². The van der Waals surface area contributed by atoms with Crippen LogP contribution in [0.4, 0.5) is 4.79 Å². The summed E-state index contributed by atoms with van der Waals surface area (Å²) in [7, 11) is 1.87. The van der Waals surface area contributed by atoms with Gasteiger partial charge in [0.1, 0.15) is 0 Å². The van der Waals surface area contributed by atoms with Crippen LogP contribution in [0, 0.1) is 24.7 Å². The first-order valence-electron chi connectivity index (χ1n) is 8.63. The fourth-order valence-electron chi connectivity index (χ4n) is 5.44. The van der Waals surface area contributed by atoms with Crippen LogP contribution in [0.25, 0.3) is 0 Å². The summed E-state index contributed by atoms with van der Waals surface area (Å²) < 4.78 is 1.74. The minimum Gasteiger partial charge on any atom is -0.331 e. The lowest BCUT2D eigenvalue weighted by Crippen LogP contribution is -2.61. The molecule has 1 aromatic rings. The molecule has 2 amide bonds. The third-order valence-electron chi connectivity index (χ3n) is 5.84. The molecule has 124 valence electrons. The van der Waals surface area contributed by atoms with Gasteiger partial charge in [-0.15, -0.1) is 0 Å². The van der Waals surface area contributed by atoms with Crippen molar-refractivity contribution in [1.29, 1.82) is 0 Å². The smallest absolute Gasteiger partial charge is 0.331 e. The Kier molecular flexibility index (Phi) is 3.43. The molecule has 0 unspecified atom stereocenters. The maximum Gasteiger partial charge on any atom is 0.335 e. The van der Waals surface area contributed by atoms with Gasteiger partial charge in [-0.05, 0) is 63.2 Å². The Balaban J connectivity index is 1.36. The van der Waals surface area contributed by atoms with Crippen LogP contribution in [0.2, 0.25) is 0 Å². The molecule has 0 radical (unpaired) electrons. The molecule has 4 bridgehead atoms. The van der Waals surface area contributed by atoms with E-state index in [4.69, 9.17) is 0 Å². The zero-order valence-corrected chi connectivity index (χ0v) is 13.9. The molecule has 0 atom stereocenters. The molecule has 23 heavy (non-hydrogen) atoms. The monoisotopic (exact) mass is 315 g/mol. The Labute approximate surface area is 136 Å². The van der Waals surface area contributed by atoms with Crippen LogP contribution >= 0.6 is 0 Å². The summed E-state index contributed by atoms with van der Waals surface area (Å²) in [6.07, 6.45) is 11.1. The standard InChI is InChI=1S/C17H25N5O/c1-11-15(10-22(2)21-11)9-18-20-16(23)19-17-6-12-3-13(7-17)5-14(4-12)8-17/h9-10,12-14H,3-8H2,1-2H3,(H2,19,20,23). The third kappa shape index (κ3) is 2.86. The van der Waals surface area contributed by atoms with Crippen LogP contribution in [-0.4, -0.2) is 27.6 Å². The average molecular weight is 315 g/mol. The van der Waals surface area contributed by atoms with Gasteiger partial charge in [-0.2, -0.15) is 10.2 Å². The average Bonchev–Trinajstić information content (AvgIpc) is 2.74. The van der Waals surface area contributed by atoms with Crippen molar-refractivity contribution in [3.05, 3.63) is 17.5 Å². The zero-order chi connectivity index (χ0) is 16.0. The van der Waals surface area contributed by atoms with Crippen LogP contribution in [0.5, 0.6) is 0 Å². The van der Waals surface area contributed by atoms with E-state index in [1.165, 1.54) is 19.3 Å². The first kappa shape index (κ1) is 14.7. The van der Waals surface area contributed by atoms with Gasteiger partial charge in [-0.3, -0.25) is 4.68 Å². The normalized spacial score (nSPS) is 35.0. The Morgan fingerprint density at radius 1 is 1.30 bits per heavy atom. The molecule has 0 spiro atoms. The van der Waals surface area contributed by atoms with Crippen LogP contribution in [0.1, 0.15) is 49.8 Å². The second-order valence-electron chi connectivity index (χ2n) is 7.87. The number of hydrogen-bond donors (Lipinski definition) is 2. The van der Waals surface area contributed by atoms with Gasteiger partial charge in [0, 0.05) is 24.3 Å². The van der Waals surface area contributed by atoms with Crippen molar-refractivity contribution in [1.82, 2.24) is 20.5 Å². The summed E-state index contributed by atoms with van der Waals surface area (Å²) in [5.41, 5.74) is 4.47. The lowest BCUT2D eigenvalue weighted by molar-refractivity contribution is -0.0135. The molecule has 4 saturated carbocycles. The molecular weight excluding hydrogens is 290 g/mol. The summed E-state index contributed by atoms with van der Waals surface area (Å²) in [6.45, 7) is 1.93. The topological polar surface area (TPSA) is 71.3 Å². The van der Waals surface area contributed by atoms with Gasteiger partial charge in [0.05, 0.1) is 11.9 Å². The highest BCUT2D eigenvalue weighted by molar-refractivity contribution is 5.82. The molecule has 5 rings (SSSR count). The molecule has 4 aliphatic rings. The molecule has 2 N–H and O–H groups in total. The van der Waals surface area contributed by atoms with Crippen molar-refractivity contribution >= 4 is 12.2 Å². The first-order chi connectivity index (χ1) is 11.0. The van der Waals surface area contributed by atoms with E-state index in [2.05, 4.69) is 20.9 Å². The van der Waals surface area contributed by atoms with E-state index in [1.807, 2.05) is 20.2 Å². The summed E-state index contributed by atoms with van der Waals surface area (Å²) in [4.78, 5) is 12.3. The fourth-order valence-corrected chi connectivity index (χ4v) is 5.44. The molecule has 0 aliphatic heterocycles. The van der Waals surface area contributed by atoms with E-state index in [9.17, 15) is 4.79 Å². The van der Waals surface area contributed by atoms with Gasteiger partial charge >= 0.3 is 6.03 Å². The van der Waals surface area contributed by atoms with E-state index in [1.54, 1.807) is 10.9 Å². The quantitative estimate of drug-likeness (QED) is 0.664. The highest BCUT2D eigenvalue weighted by Gasteiger charge is 2.51. The van der Waals surface area contributed by atoms with Crippen molar-refractivity contribution in [3.63, 3.8) is 0 Å². The molecule has 4 aliphatic carbocycles. The largest absolute Gasteiger partial charge is 0.335 e. The van der Waals surface area contributed by atoms with Gasteiger partial charge in [0.25, 0.3) is 0 Å². The number of carbonyl (C=O) groups is 1. The minimum absolute atomic E-state index is 0.0264. The zero-order valence-electron chi connectivity index (χ0n) is 13.9. The highest BCUT2D eigenvalue weighted by Crippen LogP contribution is 2.55. The number of aromatic nitrogens is 2. The van der Waals surface area contributed by atoms with Crippen LogP contribution < -0.4 is 10.7 Å². The van der Waals surface area contributed by atoms with Crippen molar-refractivity contribution in [2.75, 3.05) is 0 Å². The van der Waals surface area contributed by atoms with E-state index >= 15 is 0 Å². The van der Waals surface area contributed by atoms with E-state index in [0.717, 1.165) is 48.3 Å². The Morgan fingerprint density at radius 3 is 2.43 bits per heavy atom. The van der Waals surface area contributed by atoms with Crippen LogP contribution in [0.3, 0.4) is 0 Å². The molecule has 1 heterocycles. The number of carbonyl (C=O) groups excluding carboxylic acids is 1. The fraction of sp³-hybridized carbons (Fsp3) is 0.706. The molecule has 0 aromatic carbocycles. The number of rotatable bonds is 3. The third-order valence-corrected chi connectivity index (χ3v) is 5.84. The molecule has 0 saturated heterocycles. The first-order valence-corrected chi connectivity index (χ1v) is 8.63. The van der Waals surface area contributed by atoms with Crippen LogP contribution in [0.15, 0.2) is 11.3 Å². The van der Waals surface area contributed by atoms with Crippen molar-refractivity contribution in [2.45, 2.75) is 51.0 Å². The molecule has 6 nitrogen and oxygen atoms in total. The molecule has 1 aromatic heterocycles. The van der Waals surface area contributed by atoms with Gasteiger partial charge in [-0.25, -0.2) is 10.2 Å². The number of nitrogens with zero attached hydrogens (tertiary/aromatic N) is 3. The number of hydrazone groups is 1. The maximum atomic E-state index is 12.3. The second-order valence-corrected chi connectivity index (χ2v) is 7.87. The number of urea groups is 1. The van der Waals surface area contributed by atoms with Gasteiger partial charge in [0.2, 0.25) is 0 Å². The second kappa shape index (κ2) is 5.35. The van der Waals surface area contributed by atoms with E-state index < -0.39 is 0 Å². The minimum atomic E-state index is -0.176.